The third kappa shape index (κ3) is 7.18. The Morgan fingerprint density at radius 1 is 1.10 bits per heavy atom. The van der Waals surface area contributed by atoms with Crippen LogP contribution in [-0.4, -0.2) is 65.9 Å². The first kappa shape index (κ1) is 28.6. The number of aromatic nitrogens is 2. The Labute approximate surface area is 231 Å². The topological polar surface area (TPSA) is 85.7 Å². The molecule has 1 unspecified atom stereocenters. The van der Waals surface area contributed by atoms with Crippen LogP contribution in [0.3, 0.4) is 0 Å². The van der Waals surface area contributed by atoms with Crippen LogP contribution in [0.25, 0.3) is 10.9 Å². The van der Waals surface area contributed by atoms with Gasteiger partial charge in [0.15, 0.2) is 0 Å². The van der Waals surface area contributed by atoms with Crippen LogP contribution < -0.4 is 10.1 Å². The lowest BCUT2D eigenvalue weighted by molar-refractivity contribution is 0.0681. The lowest BCUT2D eigenvalue weighted by Crippen LogP contribution is -2.39. The van der Waals surface area contributed by atoms with Gasteiger partial charge in [-0.3, -0.25) is 14.3 Å². The number of likely N-dealkylation sites (tertiary alicyclic amines) is 1. The number of rotatable bonds is 12. The summed E-state index contributed by atoms with van der Waals surface area (Å²) in [6.45, 7) is 9.51. The molecule has 8 heteroatoms. The molecule has 2 aromatic carbocycles. The van der Waals surface area contributed by atoms with Gasteiger partial charge in [-0.2, -0.15) is 5.10 Å². The zero-order valence-electron chi connectivity index (χ0n) is 23.7. The molecule has 4 rings (SSSR count). The molecule has 3 aromatic rings. The number of ether oxygens (including phenoxy) is 2. The smallest absolute Gasteiger partial charge is 0.253 e. The molecule has 210 valence electrons. The Morgan fingerprint density at radius 3 is 2.51 bits per heavy atom. The fourth-order valence-corrected chi connectivity index (χ4v) is 5.28. The zero-order chi connectivity index (χ0) is 27.8. The Hall–Kier alpha value is -3.39. The standard InChI is InChI=1S/C31H42N4O4/c1-5-7-25(6-2)39-26-10-8-24(9-11-26)31(37)34-17-14-23(15-18-34)20-35-21-28-22(3)27(12-13-29(28)33-35)30(36)32-16-19-38-4/h8-13,21,23,25H,5-7,14-20H2,1-4H3,(H,32,36). The van der Waals surface area contributed by atoms with Crippen LogP contribution in [0.4, 0.5) is 0 Å². The number of hydrogen-bond donors (Lipinski definition) is 1. The number of benzene rings is 2. The van der Waals surface area contributed by atoms with E-state index in [9.17, 15) is 9.59 Å². The minimum atomic E-state index is -0.0972. The normalized spacial score (nSPS) is 14.9. The van der Waals surface area contributed by atoms with Gasteiger partial charge in [0.05, 0.1) is 18.2 Å². The Balaban J connectivity index is 1.31. The number of hydrogen-bond acceptors (Lipinski definition) is 5. The predicted octanol–water partition coefficient (Wildman–Crippen LogP) is 5.23. The van der Waals surface area contributed by atoms with Gasteiger partial charge in [-0.25, -0.2) is 0 Å². The second kappa shape index (κ2) is 13.6. The van der Waals surface area contributed by atoms with Gasteiger partial charge in [0, 0.05) is 56.0 Å². The number of aryl methyl sites for hydroxylation is 1. The fourth-order valence-electron chi connectivity index (χ4n) is 5.28. The molecule has 0 saturated carbocycles. The van der Waals surface area contributed by atoms with E-state index < -0.39 is 0 Å². The second-order valence-corrected chi connectivity index (χ2v) is 10.5. The van der Waals surface area contributed by atoms with Crippen molar-refractivity contribution in [2.75, 3.05) is 33.4 Å². The van der Waals surface area contributed by atoms with Crippen molar-refractivity contribution in [1.82, 2.24) is 20.0 Å². The highest BCUT2D eigenvalue weighted by molar-refractivity contribution is 6.00. The molecule has 1 fully saturated rings. The zero-order valence-corrected chi connectivity index (χ0v) is 23.7. The van der Waals surface area contributed by atoms with E-state index in [-0.39, 0.29) is 17.9 Å². The third-order valence-corrected chi connectivity index (χ3v) is 7.66. The van der Waals surface area contributed by atoms with Crippen LogP contribution in [0.5, 0.6) is 5.75 Å². The maximum Gasteiger partial charge on any atom is 0.253 e. The Kier molecular flexibility index (Phi) is 9.98. The van der Waals surface area contributed by atoms with E-state index in [2.05, 4.69) is 19.2 Å². The Morgan fingerprint density at radius 2 is 1.85 bits per heavy atom. The molecule has 8 nitrogen and oxygen atoms in total. The summed E-state index contributed by atoms with van der Waals surface area (Å²) in [5.74, 6) is 1.25. The molecule has 1 N–H and O–H groups in total. The third-order valence-electron chi connectivity index (χ3n) is 7.66. The molecule has 39 heavy (non-hydrogen) atoms. The maximum absolute atomic E-state index is 13.1. The number of fused-ring (bicyclic) bond motifs is 1. The van der Waals surface area contributed by atoms with Crippen LogP contribution in [-0.2, 0) is 11.3 Å². The summed E-state index contributed by atoms with van der Waals surface area (Å²) in [4.78, 5) is 27.6. The van der Waals surface area contributed by atoms with Gasteiger partial charge >= 0.3 is 0 Å². The SMILES string of the molecule is CCCC(CC)Oc1ccc(C(=O)N2CCC(Cn3cc4c(C)c(C(=O)NCCOC)ccc4n3)CC2)cc1. The molecular weight excluding hydrogens is 492 g/mol. The van der Waals surface area contributed by atoms with Crippen molar-refractivity contribution < 1.29 is 19.1 Å². The van der Waals surface area contributed by atoms with Crippen LogP contribution in [0.2, 0.25) is 0 Å². The highest BCUT2D eigenvalue weighted by Crippen LogP contribution is 2.25. The van der Waals surface area contributed by atoms with Crippen molar-refractivity contribution in [3.05, 3.63) is 59.3 Å². The maximum atomic E-state index is 13.1. The van der Waals surface area contributed by atoms with Crippen molar-refractivity contribution in [2.24, 2.45) is 5.92 Å². The van der Waals surface area contributed by atoms with Gasteiger partial charge in [-0.15, -0.1) is 0 Å². The first-order valence-electron chi connectivity index (χ1n) is 14.2. The first-order valence-corrected chi connectivity index (χ1v) is 14.2. The molecule has 0 bridgehead atoms. The summed E-state index contributed by atoms with van der Waals surface area (Å²) in [6, 6.07) is 11.3. The summed E-state index contributed by atoms with van der Waals surface area (Å²) in [6.07, 6.45) is 7.24. The molecule has 1 aromatic heterocycles. The van der Waals surface area contributed by atoms with Crippen molar-refractivity contribution in [3.8, 4) is 5.75 Å². The number of nitrogens with zero attached hydrogens (tertiary/aromatic N) is 3. The molecule has 1 saturated heterocycles. The van der Waals surface area contributed by atoms with E-state index in [1.54, 1.807) is 7.11 Å². The number of nitrogens with one attached hydrogen (secondary N) is 1. The molecule has 1 aliphatic heterocycles. The summed E-state index contributed by atoms with van der Waals surface area (Å²) < 4.78 is 13.1. The largest absolute Gasteiger partial charge is 0.490 e. The van der Waals surface area contributed by atoms with E-state index in [4.69, 9.17) is 14.6 Å². The van der Waals surface area contributed by atoms with Gasteiger partial charge in [-0.1, -0.05) is 20.3 Å². The van der Waals surface area contributed by atoms with Crippen LogP contribution in [0.1, 0.15) is 72.2 Å². The van der Waals surface area contributed by atoms with Gasteiger partial charge < -0.3 is 19.7 Å². The quantitative estimate of drug-likeness (QED) is 0.322. The monoisotopic (exact) mass is 534 g/mol. The molecule has 0 spiro atoms. The van der Waals surface area contributed by atoms with E-state index in [1.807, 2.05) is 59.1 Å². The summed E-state index contributed by atoms with van der Waals surface area (Å²) in [7, 11) is 1.62. The molecule has 2 heterocycles. The number of carbonyl (C=O) groups is 2. The van der Waals surface area contributed by atoms with Crippen LogP contribution >= 0.6 is 0 Å². The van der Waals surface area contributed by atoms with Crippen molar-refractivity contribution in [2.45, 2.75) is 65.5 Å². The molecular formula is C31H42N4O4. The fraction of sp³-hybridized carbons (Fsp3) is 0.516. The highest BCUT2D eigenvalue weighted by Gasteiger charge is 2.24. The lowest BCUT2D eigenvalue weighted by Gasteiger charge is -2.32. The van der Waals surface area contributed by atoms with Crippen molar-refractivity contribution >= 4 is 22.7 Å². The van der Waals surface area contributed by atoms with E-state index in [0.29, 0.717) is 30.2 Å². The van der Waals surface area contributed by atoms with Gasteiger partial charge in [-0.05, 0) is 80.5 Å². The minimum Gasteiger partial charge on any atom is -0.490 e. The average molecular weight is 535 g/mol. The van der Waals surface area contributed by atoms with Crippen molar-refractivity contribution in [1.29, 1.82) is 0 Å². The molecule has 2 amide bonds. The van der Waals surface area contributed by atoms with Crippen LogP contribution in [0, 0.1) is 12.8 Å². The molecule has 0 aliphatic carbocycles. The number of methoxy groups -OCH3 is 1. The molecule has 1 atom stereocenters. The number of carbonyl (C=O) groups excluding carboxylic acids is 2. The van der Waals surface area contributed by atoms with Gasteiger partial charge in [0.25, 0.3) is 11.8 Å². The highest BCUT2D eigenvalue weighted by atomic mass is 16.5. The van der Waals surface area contributed by atoms with Gasteiger partial charge in [0.1, 0.15) is 5.75 Å². The number of piperidine rings is 1. The van der Waals surface area contributed by atoms with E-state index in [1.165, 1.54) is 0 Å². The summed E-state index contributed by atoms with van der Waals surface area (Å²) in [5.41, 5.74) is 3.19. The van der Waals surface area contributed by atoms with E-state index >= 15 is 0 Å². The minimum absolute atomic E-state index is 0.0809. The summed E-state index contributed by atoms with van der Waals surface area (Å²) in [5, 5.41) is 8.65. The number of amides is 2. The molecule has 1 aliphatic rings. The first-order chi connectivity index (χ1) is 18.9. The van der Waals surface area contributed by atoms with Crippen LogP contribution in [0.15, 0.2) is 42.6 Å². The van der Waals surface area contributed by atoms with Gasteiger partial charge in [0.2, 0.25) is 0 Å². The molecule has 0 radical (unpaired) electrons. The predicted molar refractivity (Wildman–Crippen MR) is 153 cm³/mol. The van der Waals surface area contributed by atoms with E-state index in [0.717, 1.165) is 74.0 Å². The summed E-state index contributed by atoms with van der Waals surface area (Å²) >= 11 is 0. The Bertz CT molecular complexity index is 1250. The lowest BCUT2D eigenvalue weighted by atomic mass is 9.96. The average Bonchev–Trinajstić information content (AvgIpc) is 3.37. The second-order valence-electron chi connectivity index (χ2n) is 10.5. The van der Waals surface area contributed by atoms with Crippen molar-refractivity contribution in [3.63, 3.8) is 0 Å².